The fourth-order valence-corrected chi connectivity index (χ4v) is 3.59. The van der Waals surface area contributed by atoms with Gasteiger partial charge in [-0.05, 0) is 36.6 Å². The lowest BCUT2D eigenvalue weighted by atomic mass is 10.0. The maximum Gasteiger partial charge on any atom is 0.151 e. The second-order valence-electron chi connectivity index (χ2n) is 7.13. The average molecular weight is 374 g/mol. The Morgan fingerprint density at radius 2 is 1.86 bits per heavy atom. The van der Waals surface area contributed by atoms with E-state index in [4.69, 9.17) is 4.74 Å². The summed E-state index contributed by atoms with van der Waals surface area (Å²) in [5.74, 6) is 1.90. The van der Waals surface area contributed by atoms with E-state index in [2.05, 4.69) is 44.7 Å². The molecule has 4 rings (SSSR count). The van der Waals surface area contributed by atoms with Crippen LogP contribution in [0.15, 0.2) is 72.9 Å². The number of nitrogens with one attached hydrogen (secondary N) is 1. The first kappa shape index (κ1) is 18.4. The second-order valence-corrected chi connectivity index (χ2v) is 7.13. The minimum atomic E-state index is 0.429. The first-order valence-corrected chi connectivity index (χ1v) is 9.89. The predicted molar refractivity (Wildman–Crippen MR) is 111 cm³/mol. The number of benzene rings is 2. The van der Waals surface area contributed by atoms with Crippen LogP contribution in [-0.2, 0) is 13.2 Å². The molecule has 0 saturated carbocycles. The van der Waals surface area contributed by atoms with Gasteiger partial charge in [0.25, 0.3) is 0 Å². The summed E-state index contributed by atoms with van der Waals surface area (Å²) in [5, 5.41) is 12.0. The molecule has 1 aliphatic heterocycles. The monoisotopic (exact) mass is 374 g/mol. The largest absolute Gasteiger partial charge is 0.489 e. The summed E-state index contributed by atoms with van der Waals surface area (Å²) in [6.45, 7) is 3.37. The van der Waals surface area contributed by atoms with E-state index in [9.17, 15) is 0 Å². The van der Waals surface area contributed by atoms with Crippen LogP contribution in [0.25, 0.3) is 0 Å². The SMILES string of the molecule is c1ccc(COc2ccccc2CNC2CCCN(c3cccnn3)C2)cc1. The van der Waals surface area contributed by atoms with Crippen molar-refractivity contribution in [2.24, 2.45) is 0 Å². The number of hydrogen-bond donors (Lipinski definition) is 1. The molecule has 1 fully saturated rings. The van der Waals surface area contributed by atoms with Crippen molar-refractivity contribution in [2.45, 2.75) is 32.0 Å². The predicted octanol–water partition coefficient (Wildman–Crippen LogP) is 3.81. The molecule has 1 aliphatic rings. The summed E-state index contributed by atoms with van der Waals surface area (Å²) >= 11 is 0. The molecule has 0 spiro atoms. The lowest BCUT2D eigenvalue weighted by Gasteiger charge is -2.33. The Morgan fingerprint density at radius 3 is 2.71 bits per heavy atom. The number of ether oxygens (including phenoxy) is 1. The van der Waals surface area contributed by atoms with Gasteiger partial charge in [-0.25, -0.2) is 0 Å². The standard InChI is InChI=1S/C23H26N4O/c1-2-8-19(9-3-1)18-28-22-12-5-4-10-20(22)16-24-21-11-7-15-27(17-21)23-13-6-14-25-26-23/h1-6,8-10,12-14,21,24H,7,11,15-18H2. The fraction of sp³-hybridized carbons (Fsp3) is 0.304. The van der Waals surface area contributed by atoms with Crippen LogP contribution in [0.1, 0.15) is 24.0 Å². The number of anilines is 1. The van der Waals surface area contributed by atoms with Crippen LogP contribution in [0.5, 0.6) is 5.75 Å². The van der Waals surface area contributed by atoms with E-state index in [0.717, 1.165) is 37.6 Å². The first-order valence-electron chi connectivity index (χ1n) is 9.89. The third-order valence-electron chi connectivity index (χ3n) is 5.09. The molecule has 0 bridgehead atoms. The summed E-state index contributed by atoms with van der Waals surface area (Å²) in [6, 6.07) is 23.0. The van der Waals surface area contributed by atoms with Gasteiger partial charge in [0.2, 0.25) is 0 Å². The molecule has 144 valence electrons. The quantitative estimate of drug-likeness (QED) is 0.681. The summed E-state index contributed by atoms with van der Waals surface area (Å²) in [4.78, 5) is 2.31. The van der Waals surface area contributed by atoms with Crippen LogP contribution >= 0.6 is 0 Å². The average Bonchev–Trinajstić information content (AvgIpc) is 2.78. The molecule has 3 aromatic rings. The van der Waals surface area contributed by atoms with Gasteiger partial charge in [-0.2, -0.15) is 5.10 Å². The van der Waals surface area contributed by atoms with Crippen molar-refractivity contribution in [3.8, 4) is 5.75 Å². The molecule has 28 heavy (non-hydrogen) atoms. The summed E-state index contributed by atoms with van der Waals surface area (Å²) in [7, 11) is 0. The number of para-hydroxylation sites is 1. The fourth-order valence-electron chi connectivity index (χ4n) is 3.59. The number of nitrogens with zero attached hydrogens (tertiary/aromatic N) is 3. The van der Waals surface area contributed by atoms with E-state index in [1.54, 1.807) is 6.20 Å². The highest BCUT2D eigenvalue weighted by Crippen LogP contribution is 2.21. The van der Waals surface area contributed by atoms with E-state index >= 15 is 0 Å². The zero-order valence-corrected chi connectivity index (χ0v) is 16.0. The highest BCUT2D eigenvalue weighted by molar-refractivity contribution is 5.37. The topological polar surface area (TPSA) is 50.3 Å². The number of rotatable bonds is 7. The number of aromatic nitrogens is 2. The zero-order valence-electron chi connectivity index (χ0n) is 16.0. The van der Waals surface area contributed by atoms with E-state index in [-0.39, 0.29) is 0 Å². The van der Waals surface area contributed by atoms with Crippen LogP contribution in [0.4, 0.5) is 5.82 Å². The van der Waals surface area contributed by atoms with Gasteiger partial charge in [0.1, 0.15) is 12.4 Å². The molecule has 1 N–H and O–H groups in total. The summed E-state index contributed by atoms with van der Waals surface area (Å²) in [6.07, 6.45) is 4.04. The molecular formula is C23H26N4O. The Balaban J connectivity index is 1.34. The molecule has 0 amide bonds. The molecular weight excluding hydrogens is 348 g/mol. The molecule has 1 aromatic heterocycles. The van der Waals surface area contributed by atoms with E-state index in [1.807, 2.05) is 42.5 Å². The van der Waals surface area contributed by atoms with Crippen molar-refractivity contribution in [1.82, 2.24) is 15.5 Å². The molecule has 1 atom stereocenters. The summed E-state index contributed by atoms with van der Waals surface area (Å²) < 4.78 is 6.08. The Bertz CT molecular complexity index is 857. The molecule has 5 heteroatoms. The van der Waals surface area contributed by atoms with Crippen molar-refractivity contribution < 1.29 is 4.74 Å². The highest BCUT2D eigenvalue weighted by atomic mass is 16.5. The Labute approximate surface area is 166 Å². The number of piperidine rings is 1. The van der Waals surface area contributed by atoms with Crippen LogP contribution in [-0.4, -0.2) is 29.3 Å². The van der Waals surface area contributed by atoms with Gasteiger partial charge in [0.05, 0.1) is 0 Å². The van der Waals surface area contributed by atoms with Gasteiger partial charge < -0.3 is 15.0 Å². The second kappa shape index (κ2) is 9.33. The third kappa shape index (κ3) is 4.87. The first-order chi connectivity index (χ1) is 13.9. The molecule has 1 saturated heterocycles. The van der Waals surface area contributed by atoms with Crippen molar-refractivity contribution in [2.75, 3.05) is 18.0 Å². The van der Waals surface area contributed by atoms with Gasteiger partial charge in [-0.1, -0.05) is 48.5 Å². The third-order valence-corrected chi connectivity index (χ3v) is 5.09. The Morgan fingerprint density at radius 1 is 1.00 bits per heavy atom. The van der Waals surface area contributed by atoms with Gasteiger partial charge in [0, 0.05) is 37.4 Å². The number of hydrogen-bond acceptors (Lipinski definition) is 5. The van der Waals surface area contributed by atoms with Gasteiger partial charge >= 0.3 is 0 Å². The molecule has 5 nitrogen and oxygen atoms in total. The molecule has 0 radical (unpaired) electrons. The van der Waals surface area contributed by atoms with Crippen molar-refractivity contribution in [3.63, 3.8) is 0 Å². The van der Waals surface area contributed by atoms with Crippen molar-refractivity contribution in [3.05, 3.63) is 84.1 Å². The van der Waals surface area contributed by atoms with Crippen molar-refractivity contribution >= 4 is 5.82 Å². The normalized spacial score (nSPS) is 16.7. The van der Waals surface area contributed by atoms with Crippen LogP contribution in [0.3, 0.4) is 0 Å². The maximum atomic E-state index is 6.08. The van der Waals surface area contributed by atoms with Crippen LogP contribution in [0.2, 0.25) is 0 Å². The lowest BCUT2D eigenvalue weighted by molar-refractivity contribution is 0.301. The smallest absolute Gasteiger partial charge is 0.151 e. The molecule has 1 unspecified atom stereocenters. The van der Waals surface area contributed by atoms with Crippen LogP contribution < -0.4 is 15.0 Å². The van der Waals surface area contributed by atoms with Crippen molar-refractivity contribution in [1.29, 1.82) is 0 Å². The maximum absolute atomic E-state index is 6.08. The minimum absolute atomic E-state index is 0.429. The summed E-state index contributed by atoms with van der Waals surface area (Å²) in [5.41, 5.74) is 2.37. The lowest BCUT2D eigenvalue weighted by Crippen LogP contribution is -2.45. The van der Waals surface area contributed by atoms with Gasteiger partial charge in [0.15, 0.2) is 5.82 Å². The zero-order chi connectivity index (χ0) is 19.0. The van der Waals surface area contributed by atoms with Crippen LogP contribution in [0, 0.1) is 0 Å². The molecule has 2 heterocycles. The minimum Gasteiger partial charge on any atom is -0.489 e. The van der Waals surface area contributed by atoms with E-state index in [0.29, 0.717) is 12.6 Å². The molecule has 0 aliphatic carbocycles. The van der Waals surface area contributed by atoms with Gasteiger partial charge in [-0.15, -0.1) is 5.10 Å². The highest BCUT2D eigenvalue weighted by Gasteiger charge is 2.21. The van der Waals surface area contributed by atoms with E-state index < -0.39 is 0 Å². The Kier molecular flexibility index (Phi) is 6.15. The Hall–Kier alpha value is -2.92. The van der Waals surface area contributed by atoms with Gasteiger partial charge in [-0.3, -0.25) is 0 Å². The molecule has 2 aromatic carbocycles. The van der Waals surface area contributed by atoms with E-state index in [1.165, 1.54) is 17.5 Å².